The highest BCUT2D eigenvalue weighted by Gasteiger charge is 2.32. The number of ether oxygens (including phenoxy) is 1. The molecule has 1 fully saturated rings. The fourth-order valence-electron chi connectivity index (χ4n) is 3.17. The number of amides is 1. The average Bonchev–Trinajstić information content (AvgIpc) is 2.70. The van der Waals surface area contributed by atoms with Gasteiger partial charge in [-0.2, -0.15) is 4.98 Å². The smallest absolute Gasteiger partial charge is 0.257 e. The molecule has 8 nitrogen and oxygen atoms in total. The van der Waals surface area contributed by atoms with Crippen LogP contribution in [0.1, 0.15) is 12.8 Å². The molecule has 1 aliphatic carbocycles. The summed E-state index contributed by atoms with van der Waals surface area (Å²) in [5, 5.41) is 15.6. The number of hydrogen-bond acceptors (Lipinski definition) is 7. The van der Waals surface area contributed by atoms with E-state index in [0.29, 0.717) is 54.1 Å². The van der Waals surface area contributed by atoms with E-state index in [9.17, 15) is 9.90 Å². The van der Waals surface area contributed by atoms with E-state index in [1.54, 1.807) is 24.1 Å². The Morgan fingerprint density at radius 3 is 2.71 bits per heavy atom. The lowest BCUT2D eigenvalue weighted by Gasteiger charge is -2.32. The first kappa shape index (κ1) is 20.7. The van der Waals surface area contributed by atoms with E-state index in [0.717, 1.165) is 0 Å². The zero-order chi connectivity index (χ0) is 20.3. The summed E-state index contributed by atoms with van der Waals surface area (Å²) in [5.74, 6) is 1.14. The molecule has 1 amide bonds. The molecule has 2 atom stereocenters. The van der Waals surface area contributed by atoms with Crippen molar-refractivity contribution in [3.8, 4) is 0 Å². The normalized spacial score (nSPS) is 23.0. The van der Waals surface area contributed by atoms with Crippen molar-refractivity contribution in [3.05, 3.63) is 34.7 Å². The fraction of sp³-hybridized carbons (Fsp3) is 0.500. The number of aliphatic hydroxyl groups excluding tert-OH is 1. The van der Waals surface area contributed by atoms with Crippen LogP contribution >= 0.6 is 23.2 Å². The van der Waals surface area contributed by atoms with Crippen molar-refractivity contribution in [1.29, 1.82) is 0 Å². The van der Waals surface area contributed by atoms with E-state index in [1.807, 2.05) is 0 Å². The number of nitrogens with one attached hydrogen (secondary N) is 2. The summed E-state index contributed by atoms with van der Waals surface area (Å²) in [5.41, 5.74) is 0.421. The summed E-state index contributed by atoms with van der Waals surface area (Å²) in [6.07, 6.45) is 5.72. The van der Waals surface area contributed by atoms with Crippen LogP contribution in [0.3, 0.4) is 0 Å². The second-order valence-electron chi connectivity index (χ2n) is 6.59. The quantitative estimate of drug-likeness (QED) is 0.617. The lowest BCUT2D eigenvalue weighted by atomic mass is 9.98. The molecule has 3 rings (SSSR count). The summed E-state index contributed by atoms with van der Waals surface area (Å²) in [7, 11) is 3.22. The Balaban J connectivity index is 1.75. The summed E-state index contributed by atoms with van der Waals surface area (Å²) < 4.78 is 5.44. The molecule has 152 valence electrons. The van der Waals surface area contributed by atoms with Crippen molar-refractivity contribution in [3.63, 3.8) is 0 Å². The van der Waals surface area contributed by atoms with Crippen LogP contribution in [-0.4, -0.2) is 70.7 Å². The van der Waals surface area contributed by atoms with Gasteiger partial charge >= 0.3 is 0 Å². The summed E-state index contributed by atoms with van der Waals surface area (Å²) >= 11 is 12.5. The Kier molecular flexibility index (Phi) is 6.64. The molecule has 0 radical (unpaired) electrons. The Bertz CT molecular complexity index is 793. The van der Waals surface area contributed by atoms with Crippen LogP contribution in [0.2, 0.25) is 5.02 Å². The highest BCUT2D eigenvalue weighted by atomic mass is 35.5. The number of piperidine rings is 1. The van der Waals surface area contributed by atoms with Crippen LogP contribution in [0, 0.1) is 0 Å². The third-order valence-corrected chi connectivity index (χ3v) is 5.42. The first-order valence-electron chi connectivity index (χ1n) is 8.99. The molecule has 1 aromatic heterocycles. The third kappa shape index (κ3) is 4.51. The number of carbonyl (C=O) groups excluding carboxylic acids is 1. The van der Waals surface area contributed by atoms with Crippen LogP contribution in [-0.2, 0) is 9.53 Å². The van der Waals surface area contributed by atoms with Crippen molar-refractivity contribution in [1.82, 2.24) is 14.9 Å². The van der Waals surface area contributed by atoms with Crippen LogP contribution in [0.4, 0.5) is 11.8 Å². The largest absolute Gasteiger partial charge is 0.496 e. The number of halogens is 2. The van der Waals surface area contributed by atoms with Crippen molar-refractivity contribution in [2.75, 3.05) is 37.9 Å². The lowest BCUT2D eigenvalue weighted by Crippen LogP contribution is -2.42. The Morgan fingerprint density at radius 1 is 1.36 bits per heavy atom. The van der Waals surface area contributed by atoms with Crippen molar-refractivity contribution < 1.29 is 14.6 Å². The molecule has 0 bridgehead atoms. The number of aliphatic hydroxyl groups is 1. The van der Waals surface area contributed by atoms with Gasteiger partial charge in [0, 0.05) is 20.1 Å². The van der Waals surface area contributed by atoms with Gasteiger partial charge in [0.15, 0.2) is 0 Å². The molecular weight excluding hydrogens is 405 g/mol. The first-order valence-corrected chi connectivity index (χ1v) is 9.80. The Labute approximate surface area is 173 Å². The van der Waals surface area contributed by atoms with Crippen LogP contribution in [0.5, 0.6) is 0 Å². The molecule has 1 aromatic rings. The van der Waals surface area contributed by atoms with Gasteiger partial charge in [-0.15, -0.1) is 11.6 Å². The monoisotopic (exact) mass is 427 g/mol. The van der Waals surface area contributed by atoms with Gasteiger partial charge in [0.1, 0.15) is 16.6 Å². The summed E-state index contributed by atoms with van der Waals surface area (Å²) in [6.45, 7) is 1.02. The lowest BCUT2D eigenvalue weighted by molar-refractivity contribution is -0.129. The van der Waals surface area contributed by atoms with Gasteiger partial charge in [-0.3, -0.25) is 4.79 Å². The van der Waals surface area contributed by atoms with Gasteiger partial charge < -0.3 is 25.4 Å². The van der Waals surface area contributed by atoms with Crippen LogP contribution in [0.25, 0.3) is 0 Å². The van der Waals surface area contributed by atoms with Gasteiger partial charge in [-0.25, -0.2) is 4.98 Å². The van der Waals surface area contributed by atoms with E-state index < -0.39 is 5.38 Å². The first-order chi connectivity index (χ1) is 13.4. The Morgan fingerprint density at radius 2 is 2.07 bits per heavy atom. The maximum atomic E-state index is 12.9. The van der Waals surface area contributed by atoms with E-state index in [1.165, 1.54) is 13.3 Å². The molecule has 2 heterocycles. The summed E-state index contributed by atoms with van der Waals surface area (Å²) in [4.78, 5) is 23.1. The minimum absolute atomic E-state index is 0.149. The topological polar surface area (TPSA) is 99.6 Å². The molecule has 0 spiro atoms. The molecule has 0 aromatic carbocycles. The van der Waals surface area contributed by atoms with Crippen molar-refractivity contribution in [2.45, 2.75) is 30.4 Å². The number of carbonyl (C=O) groups is 1. The van der Waals surface area contributed by atoms with Crippen molar-refractivity contribution >= 4 is 40.9 Å². The molecule has 2 unspecified atom stereocenters. The van der Waals surface area contributed by atoms with Gasteiger partial charge in [-0.1, -0.05) is 11.6 Å². The van der Waals surface area contributed by atoms with E-state index in [-0.39, 0.29) is 18.1 Å². The number of methoxy groups -OCH3 is 1. The zero-order valence-corrected chi connectivity index (χ0v) is 17.2. The second kappa shape index (κ2) is 8.98. The maximum absolute atomic E-state index is 12.9. The van der Waals surface area contributed by atoms with Gasteiger partial charge in [0.05, 0.1) is 36.4 Å². The van der Waals surface area contributed by atoms with Gasteiger partial charge in [0.2, 0.25) is 5.95 Å². The number of anilines is 2. The standard InChI is InChI=1S/C18H23Cl2N5O3/c1-21-16-13(20)9-22-18(24-16)23-14-8-15(28-2)11(7-12(14)19)17(27)25-5-3-10(26)4-6-25/h7-10,12,14,26H,3-6H2,1-2H3,(H2,21,22,23,24). The number of likely N-dealkylation sites (tertiary alicyclic amines) is 1. The van der Waals surface area contributed by atoms with E-state index >= 15 is 0 Å². The van der Waals surface area contributed by atoms with Gasteiger partial charge in [-0.05, 0) is 25.0 Å². The highest BCUT2D eigenvalue weighted by Crippen LogP contribution is 2.28. The molecule has 10 heteroatoms. The molecule has 2 aliphatic rings. The number of aromatic nitrogens is 2. The molecule has 1 saturated heterocycles. The van der Waals surface area contributed by atoms with Crippen LogP contribution in [0.15, 0.2) is 29.7 Å². The number of alkyl halides is 1. The molecule has 0 saturated carbocycles. The van der Waals surface area contributed by atoms with Crippen LogP contribution < -0.4 is 10.6 Å². The zero-order valence-electron chi connectivity index (χ0n) is 15.7. The maximum Gasteiger partial charge on any atom is 0.257 e. The number of rotatable bonds is 5. The predicted octanol–water partition coefficient (Wildman–Crippen LogP) is 2.01. The molecular formula is C18H23Cl2N5O3. The molecule has 3 N–H and O–H groups in total. The fourth-order valence-corrected chi connectivity index (χ4v) is 3.61. The van der Waals surface area contributed by atoms with E-state index in [2.05, 4.69) is 20.6 Å². The minimum atomic E-state index is -0.509. The average molecular weight is 428 g/mol. The number of hydrogen-bond donors (Lipinski definition) is 3. The highest BCUT2D eigenvalue weighted by molar-refractivity contribution is 6.32. The summed E-state index contributed by atoms with van der Waals surface area (Å²) in [6, 6.07) is -0.373. The molecule has 1 aliphatic heterocycles. The third-order valence-electron chi connectivity index (χ3n) is 4.74. The SMILES string of the molecule is CNc1nc(NC2C=C(OC)C(C(=O)N3CCC(O)CC3)=CC2Cl)ncc1Cl. The van der Waals surface area contributed by atoms with Crippen molar-refractivity contribution in [2.24, 2.45) is 0 Å². The van der Waals surface area contributed by atoms with Gasteiger partial charge in [0.25, 0.3) is 5.91 Å². The van der Waals surface area contributed by atoms with E-state index in [4.69, 9.17) is 27.9 Å². The second-order valence-corrected chi connectivity index (χ2v) is 7.50. The number of nitrogens with zero attached hydrogens (tertiary/aromatic N) is 3. The molecule has 28 heavy (non-hydrogen) atoms. The minimum Gasteiger partial charge on any atom is -0.496 e. The Hall–Kier alpha value is -2.03. The predicted molar refractivity (Wildman–Crippen MR) is 109 cm³/mol.